The summed E-state index contributed by atoms with van der Waals surface area (Å²) in [4.78, 5) is 201. The van der Waals surface area contributed by atoms with Crippen molar-refractivity contribution in [2.24, 2.45) is 17.8 Å². The predicted molar refractivity (Wildman–Crippen MR) is 485 cm³/mol. The number of aliphatic hydroxyl groups excluding tert-OH is 3. The Bertz CT molecular complexity index is 5140. The second-order valence-corrected chi connectivity index (χ2v) is 34.6. The largest absolute Gasteiger partial charge is 0.508 e. The number of nitrogens with one attached hydrogen (secondary N) is 5. The van der Waals surface area contributed by atoms with Gasteiger partial charge in [0.1, 0.15) is 40.9 Å². The maximum absolute atomic E-state index is 14.7. The molecule has 5 heterocycles. The van der Waals surface area contributed by atoms with Crippen molar-refractivity contribution in [3.05, 3.63) is 107 Å². The second kappa shape index (κ2) is 52.7. The van der Waals surface area contributed by atoms with Crippen molar-refractivity contribution >= 4 is 82.6 Å². The van der Waals surface area contributed by atoms with Crippen LogP contribution in [0.2, 0.25) is 0 Å². The Morgan fingerprint density at radius 2 is 0.838 bits per heavy atom. The number of hydrogen-bond donors (Lipinski definition) is 16. The van der Waals surface area contributed by atoms with Crippen LogP contribution in [0.4, 0.5) is 0 Å². The molecule has 0 bridgehead atoms. The van der Waals surface area contributed by atoms with Gasteiger partial charge in [-0.05, 0) is 90.8 Å². The number of hydrogen-bond acceptors (Lipinski definition) is 31. The van der Waals surface area contributed by atoms with E-state index in [9.17, 15) is 123 Å². The number of aliphatic hydroxyl groups is 3. The third-order valence-electron chi connectivity index (χ3n) is 24.1. The molecule has 0 aliphatic carbocycles. The number of aliphatic carboxylic acids is 4. The third kappa shape index (κ3) is 31.0. The zero-order chi connectivity index (χ0) is 98.6. The summed E-state index contributed by atoms with van der Waals surface area (Å²) in [7, 11) is 0. The quantitative estimate of drug-likeness (QED) is 0.0240. The molecule has 7 amide bonds. The monoisotopic (exact) mass is 2060 g/mol. The molecule has 9 rings (SSSR count). The number of nitrogens with zero attached hydrogens (tertiary/aromatic N) is 14. The van der Waals surface area contributed by atoms with E-state index in [1.54, 1.807) is 67.0 Å². The van der Waals surface area contributed by atoms with Crippen molar-refractivity contribution in [2.45, 2.75) is 136 Å². The molecule has 6 atom stereocenters. The normalized spacial score (nSPS) is 16.1. The van der Waals surface area contributed by atoms with Crippen LogP contribution in [-0.4, -0.2) is 389 Å². The molecule has 4 aromatic carbocycles. The number of benzene rings is 4. The molecule has 0 unspecified atom stereocenters. The standard InChI is InChI=1S/C91H125N19O25.Lu/c1-8-92-88(131)84-99-97-82(66-41-64(54(3)4)71(115)44-73(66)117)109(84)61-14-10-57(11-15-61)46-101-28-34-107(35-29-101)78(122)43-68(75(119)38-56(7)90(133)108-36-30-102(31-37-108)47-58-12-16-62(17-13-58)110-83(98-100-85(110)89(132)93-9-2)67-42-65(55(5)6)72(116)45-74(67)118)95-77(121)20-21-94-86(129)60(52-112)40-76(120)69(53-113)96-87(130)59(51-111)39-63(114)18-19-70(91(134)135)106-32-26-104(49-80(125)126)24-22-103(48-79(123)124)23-25-105(27-33-106)50-81(127)128;/h10-17,41-42,44-45,54-56,59-60,68-70,111-113,115-118H,8-9,18-40,43,46-53H2,1-7H3,(H,92,131)(H,93,132)(H,94,129)(H,95,121)(H,96,130)(H,123,124)(H,125,126)(H,127,128)(H,134,135);/t56-,59+,60+,68-,69+,70+;/m0./s1. The molecule has 136 heavy (non-hydrogen) atoms. The van der Waals surface area contributed by atoms with Gasteiger partial charge in [-0.15, -0.1) is 20.4 Å². The van der Waals surface area contributed by atoms with Crippen molar-refractivity contribution < 1.29 is 160 Å². The van der Waals surface area contributed by atoms with Gasteiger partial charge in [0.05, 0.1) is 74.9 Å². The van der Waals surface area contributed by atoms with Gasteiger partial charge < -0.3 is 92.6 Å². The fraction of sp³-hybridized carbons (Fsp3) is 0.538. The molecule has 3 aliphatic heterocycles. The summed E-state index contributed by atoms with van der Waals surface area (Å²) < 4.78 is 3.04. The first-order valence-electron chi connectivity index (χ1n) is 45.2. The SMILES string of the molecule is CCNC(=O)c1nnc(-c2cc(C(C)C)c(O)cc2O)n1-c1ccc(CN2CCN(C(=O)C[C@H](NC(=O)CCNC(=O)[C@@H](CO)CC(=O)[C@@H](CO)NC(=O)[C@@H](CO)CC(=O)CC[C@H](C(=O)O)N3CCN(CC(=O)O)CCN(CC(=O)O)CCN(CC(=O)O)CC3)C(=O)C[C@H](C)C(=O)N3CCN(Cc4ccc(-n5c(C(=O)NCC)nnc5-c5cc(C(C)C)c(O)cc5O)cc4)CC3)CC2)cc1.[Lu]. The molecular weight excluding hydrogens is 1930 g/mol. The van der Waals surface area contributed by atoms with Crippen LogP contribution in [0.15, 0.2) is 72.8 Å². The van der Waals surface area contributed by atoms with Crippen molar-refractivity contribution in [1.82, 2.24) is 95.3 Å². The summed E-state index contributed by atoms with van der Waals surface area (Å²) in [5.74, 6) is -16.9. The summed E-state index contributed by atoms with van der Waals surface area (Å²) in [5, 5.41) is 144. The summed E-state index contributed by atoms with van der Waals surface area (Å²) in [6.07, 6.45) is -3.81. The van der Waals surface area contributed by atoms with Gasteiger partial charge >= 0.3 is 23.9 Å². The number of rotatable bonds is 46. The van der Waals surface area contributed by atoms with E-state index in [0.29, 0.717) is 68.3 Å². The summed E-state index contributed by atoms with van der Waals surface area (Å²) in [6.45, 7) is 11.8. The zero-order valence-electron chi connectivity index (χ0n) is 77.2. The van der Waals surface area contributed by atoms with Gasteiger partial charge in [0.15, 0.2) is 23.2 Å². The minimum absolute atomic E-state index is 0. The van der Waals surface area contributed by atoms with Crippen molar-refractivity contribution in [3.8, 4) is 57.1 Å². The van der Waals surface area contributed by atoms with E-state index in [-0.39, 0.29) is 204 Å². The van der Waals surface area contributed by atoms with Crippen LogP contribution in [0.25, 0.3) is 34.2 Å². The Balaban J connectivity index is 0.0000227. The molecule has 0 saturated carbocycles. The van der Waals surface area contributed by atoms with Crippen LogP contribution in [0.3, 0.4) is 0 Å². The van der Waals surface area contributed by atoms with Gasteiger partial charge in [-0.1, -0.05) is 58.9 Å². The summed E-state index contributed by atoms with van der Waals surface area (Å²) in [6, 6.07) is 15.5. The molecule has 44 nitrogen and oxygen atoms in total. The topological polar surface area (TPSA) is 609 Å². The van der Waals surface area contributed by atoms with Gasteiger partial charge in [0.25, 0.3) is 11.8 Å². The Kier molecular flexibility index (Phi) is 42.5. The second-order valence-electron chi connectivity index (χ2n) is 34.6. The van der Waals surface area contributed by atoms with Crippen molar-refractivity contribution in [1.29, 1.82) is 0 Å². The first-order valence-corrected chi connectivity index (χ1v) is 45.2. The number of phenols is 4. The van der Waals surface area contributed by atoms with Gasteiger partial charge in [-0.25, -0.2) is 0 Å². The number of piperazine rings is 2. The maximum atomic E-state index is 14.7. The van der Waals surface area contributed by atoms with E-state index in [1.807, 2.05) is 52.0 Å². The number of carbonyl (C=O) groups excluding carboxylic acids is 10. The Morgan fingerprint density at radius 1 is 0.426 bits per heavy atom. The Labute approximate surface area is 814 Å². The zero-order valence-corrected chi connectivity index (χ0v) is 78.9. The van der Waals surface area contributed by atoms with Crippen molar-refractivity contribution in [3.63, 3.8) is 0 Å². The number of carbonyl (C=O) groups is 14. The Hall–Kier alpha value is -11.6. The van der Waals surface area contributed by atoms with Gasteiger partial charge in [-0.3, -0.25) is 106 Å². The fourth-order valence-electron chi connectivity index (χ4n) is 16.5. The number of carboxylic acid groups (broad SMARTS) is 4. The number of Topliss-reactive ketones (excluding diaryl/α,β-unsaturated/α-hetero) is 3. The smallest absolute Gasteiger partial charge is 0.320 e. The first kappa shape index (κ1) is 110. The van der Waals surface area contributed by atoms with Crippen LogP contribution in [-0.2, 0) is 70.6 Å². The maximum Gasteiger partial charge on any atom is 0.320 e. The van der Waals surface area contributed by atoms with Crippen LogP contribution in [0.5, 0.6) is 23.0 Å². The van der Waals surface area contributed by atoms with E-state index in [0.717, 1.165) is 11.1 Å². The number of aromatic hydroxyl groups is 4. The van der Waals surface area contributed by atoms with E-state index in [2.05, 4.69) is 56.8 Å². The summed E-state index contributed by atoms with van der Waals surface area (Å²) in [5.41, 5.74) is 4.28. The molecule has 45 heteroatoms. The Morgan fingerprint density at radius 3 is 1.24 bits per heavy atom. The molecule has 3 aliphatic rings. The minimum Gasteiger partial charge on any atom is -0.508 e. The number of ketones is 3. The van der Waals surface area contributed by atoms with Crippen molar-refractivity contribution in [2.75, 3.05) is 164 Å². The number of carboxylic acids is 4. The number of amides is 7. The van der Waals surface area contributed by atoms with Gasteiger partial charge in [0, 0.05) is 236 Å². The summed E-state index contributed by atoms with van der Waals surface area (Å²) >= 11 is 0. The first-order chi connectivity index (χ1) is 64.3. The van der Waals surface area contributed by atoms with E-state index in [4.69, 9.17) is 0 Å². The van der Waals surface area contributed by atoms with Crippen LogP contribution >= 0.6 is 0 Å². The molecule has 16 N–H and O–H groups in total. The molecule has 1 radical (unpaired) electrons. The molecule has 749 valence electrons. The average molecular weight is 2060 g/mol. The third-order valence-corrected chi connectivity index (χ3v) is 24.1. The van der Waals surface area contributed by atoms with Gasteiger partial charge in [-0.2, -0.15) is 0 Å². The molecule has 3 fully saturated rings. The predicted octanol–water partition coefficient (Wildman–Crippen LogP) is 0.0370. The fourth-order valence-corrected chi connectivity index (χ4v) is 16.5. The van der Waals surface area contributed by atoms with E-state index < -0.39 is 197 Å². The van der Waals surface area contributed by atoms with E-state index >= 15 is 0 Å². The number of phenolic OH excluding ortho intramolecular Hbond substituents is 4. The molecular formula is C91H125LuN19O25. The molecule has 0 spiro atoms. The van der Waals surface area contributed by atoms with Crippen LogP contribution in [0, 0.1) is 54.6 Å². The minimum atomic E-state index is -1.76. The van der Waals surface area contributed by atoms with Gasteiger partial charge in [0.2, 0.25) is 41.2 Å². The van der Waals surface area contributed by atoms with Crippen LogP contribution in [0.1, 0.15) is 149 Å². The molecule has 6 aromatic rings. The molecule has 2 aromatic heterocycles. The average Bonchev–Trinajstić information content (AvgIpc) is 1.61. The molecule has 3 saturated heterocycles. The number of aromatic nitrogens is 6. The van der Waals surface area contributed by atoms with Crippen LogP contribution < -0.4 is 26.6 Å². The van der Waals surface area contributed by atoms with E-state index in [1.165, 1.54) is 40.9 Å².